The van der Waals surface area contributed by atoms with E-state index in [4.69, 9.17) is 0 Å². The number of halogens is 1. The number of nitrogens with zero attached hydrogens (tertiary/aromatic N) is 1. The Bertz CT molecular complexity index is 406. The van der Waals surface area contributed by atoms with E-state index in [0.29, 0.717) is 0 Å². The van der Waals surface area contributed by atoms with Gasteiger partial charge in [-0.3, -0.25) is 4.99 Å². The molecule has 1 nitrogen and oxygen atoms in total. The van der Waals surface area contributed by atoms with E-state index in [0.717, 1.165) is 16.4 Å². The molecule has 0 bridgehead atoms. The Balaban J connectivity index is 2.89. The fourth-order valence-corrected chi connectivity index (χ4v) is 1.63. The second-order valence-corrected chi connectivity index (χ2v) is 3.67. The molecule has 11 heavy (non-hydrogen) atoms. The summed E-state index contributed by atoms with van der Waals surface area (Å²) in [6.07, 6.45) is 0. The molecule has 0 amide bonds. The molecule has 0 unspecified atom stereocenters. The third-order valence-corrected chi connectivity index (χ3v) is 2.40. The fraction of sp³-hybridized carbons (Fsp3) is 0.222. The number of fused-ring (bicyclic) bond motifs is 1. The number of benzene rings is 1. The van der Waals surface area contributed by atoms with Crippen molar-refractivity contribution >= 4 is 21.5 Å². The van der Waals surface area contributed by atoms with E-state index in [1.807, 2.05) is 0 Å². The second-order valence-electron chi connectivity index (χ2n) is 2.76. The van der Waals surface area contributed by atoms with Crippen LogP contribution in [-0.4, -0.2) is 6.54 Å². The lowest BCUT2D eigenvalue weighted by molar-refractivity contribution is 1.20. The van der Waals surface area contributed by atoms with Gasteiger partial charge in [-0.05, 0) is 24.6 Å². The summed E-state index contributed by atoms with van der Waals surface area (Å²) in [4.78, 5) is 4.37. The van der Waals surface area contributed by atoms with Gasteiger partial charge in [0.1, 0.15) is 0 Å². The average Bonchev–Trinajstić information content (AvgIpc) is 2.32. The Hall–Kier alpha value is -0.630. The Morgan fingerprint density at radius 3 is 3.09 bits per heavy atom. The van der Waals surface area contributed by atoms with Gasteiger partial charge in [0.2, 0.25) is 0 Å². The normalized spacial score (nSPS) is 14.5. The zero-order valence-corrected chi connectivity index (χ0v) is 7.85. The summed E-state index contributed by atoms with van der Waals surface area (Å²) in [5.41, 5.74) is 1.37. The van der Waals surface area contributed by atoms with Crippen LogP contribution in [0.25, 0.3) is 5.57 Å². The van der Waals surface area contributed by atoms with Gasteiger partial charge < -0.3 is 0 Å². The highest BCUT2D eigenvalue weighted by atomic mass is 79.9. The molecule has 0 atom stereocenters. The Kier molecular flexibility index (Phi) is 1.57. The van der Waals surface area contributed by atoms with Crippen LogP contribution in [0.4, 0.5) is 0 Å². The summed E-state index contributed by atoms with van der Waals surface area (Å²) in [5, 5.41) is 2.42. The molecule has 1 aromatic carbocycles. The monoisotopic (exact) mass is 209 g/mol. The van der Waals surface area contributed by atoms with Gasteiger partial charge in [-0.25, -0.2) is 0 Å². The summed E-state index contributed by atoms with van der Waals surface area (Å²) >= 11 is 3.42. The predicted octanol–water partition coefficient (Wildman–Crippen LogP) is 1.25. The molecule has 1 aromatic rings. The Morgan fingerprint density at radius 2 is 2.27 bits per heavy atom. The Morgan fingerprint density at radius 1 is 1.45 bits per heavy atom. The first-order valence-corrected chi connectivity index (χ1v) is 4.36. The third-order valence-electron chi connectivity index (χ3n) is 1.91. The van der Waals surface area contributed by atoms with Crippen LogP contribution in [0.1, 0.15) is 6.92 Å². The number of rotatable bonds is 0. The lowest BCUT2D eigenvalue weighted by atomic mass is 10.2. The van der Waals surface area contributed by atoms with Crippen LogP contribution >= 0.6 is 15.9 Å². The molecule has 0 spiro atoms. The summed E-state index contributed by atoms with van der Waals surface area (Å²) in [6, 6.07) is 6.24. The largest absolute Gasteiger partial charge is 0.280 e. The van der Waals surface area contributed by atoms with Crippen molar-refractivity contribution in [3.63, 3.8) is 0 Å². The Labute approximate surface area is 73.6 Å². The first-order chi connectivity index (χ1) is 5.27. The van der Waals surface area contributed by atoms with Gasteiger partial charge in [0.25, 0.3) is 0 Å². The molecule has 1 aliphatic rings. The molecule has 0 fully saturated rings. The van der Waals surface area contributed by atoms with Crippen molar-refractivity contribution in [3.05, 3.63) is 33.2 Å². The molecule has 2 heteroatoms. The minimum absolute atomic E-state index is 0.867. The molecular weight excluding hydrogens is 202 g/mol. The molecule has 0 N–H and O–H groups in total. The number of hydrogen-bond donors (Lipinski definition) is 0. The van der Waals surface area contributed by atoms with Crippen LogP contribution in [0.15, 0.2) is 27.7 Å². The smallest absolute Gasteiger partial charge is 0.0661 e. The van der Waals surface area contributed by atoms with Gasteiger partial charge in [0.05, 0.1) is 11.9 Å². The first kappa shape index (κ1) is 7.04. The molecule has 1 heterocycles. The van der Waals surface area contributed by atoms with Crippen molar-refractivity contribution in [2.75, 3.05) is 6.54 Å². The molecule has 2 rings (SSSR count). The van der Waals surface area contributed by atoms with Gasteiger partial charge in [0.15, 0.2) is 0 Å². The maximum absolute atomic E-state index is 4.37. The highest BCUT2D eigenvalue weighted by Gasteiger charge is 2.00. The molecule has 1 aliphatic heterocycles. The maximum Gasteiger partial charge on any atom is 0.0661 e. The van der Waals surface area contributed by atoms with Gasteiger partial charge in [0, 0.05) is 9.69 Å². The van der Waals surface area contributed by atoms with Crippen molar-refractivity contribution in [3.8, 4) is 0 Å². The zero-order chi connectivity index (χ0) is 7.84. The van der Waals surface area contributed by atoms with Crippen LogP contribution in [0, 0.1) is 0 Å². The predicted molar refractivity (Wildman–Crippen MR) is 48.9 cm³/mol. The van der Waals surface area contributed by atoms with Crippen molar-refractivity contribution in [2.24, 2.45) is 4.99 Å². The summed E-state index contributed by atoms with van der Waals surface area (Å²) in [5.74, 6) is 0. The summed E-state index contributed by atoms with van der Waals surface area (Å²) in [6.45, 7) is 3.00. The van der Waals surface area contributed by atoms with Crippen molar-refractivity contribution in [1.29, 1.82) is 0 Å². The lowest BCUT2D eigenvalue weighted by Gasteiger charge is -1.87. The quantitative estimate of drug-likeness (QED) is 0.611. The minimum atomic E-state index is 0.867. The van der Waals surface area contributed by atoms with Gasteiger partial charge >= 0.3 is 0 Å². The average molecular weight is 210 g/mol. The van der Waals surface area contributed by atoms with Gasteiger partial charge in [-0.15, -0.1) is 0 Å². The lowest BCUT2D eigenvalue weighted by Crippen LogP contribution is -2.21. The van der Waals surface area contributed by atoms with Crippen molar-refractivity contribution in [1.82, 2.24) is 0 Å². The van der Waals surface area contributed by atoms with E-state index in [1.54, 1.807) is 0 Å². The van der Waals surface area contributed by atoms with Gasteiger partial charge in [-0.2, -0.15) is 0 Å². The molecular formula is C9H8BrN. The second kappa shape index (κ2) is 2.45. The molecule has 0 aromatic heterocycles. The summed E-state index contributed by atoms with van der Waals surface area (Å²) in [7, 11) is 0. The third kappa shape index (κ3) is 1.11. The zero-order valence-electron chi connectivity index (χ0n) is 6.26. The highest BCUT2D eigenvalue weighted by Crippen LogP contribution is 2.04. The SMILES string of the molecule is CC1=c2ccc(Br)cc2=NC1. The van der Waals surface area contributed by atoms with Crippen LogP contribution in [0.3, 0.4) is 0 Å². The van der Waals surface area contributed by atoms with Crippen LogP contribution in [0.5, 0.6) is 0 Å². The van der Waals surface area contributed by atoms with E-state index >= 15 is 0 Å². The van der Waals surface area contributed by atoms with Crippen LogP contribution in [0.2, 0.25) is 0 Å². The maximum atomic E-state index is 4.37. The molecule has 0 saturated carbocycles. The fourth-order valence-electron chi connectivity index (χ4n) is 1.29. The van der Waals surface area contributed by atoms with Crippen LogP contribution in [-0.2, 0) is 0 Å². The highest BCUT2D eigenvalue weighted by molar-refractivity contribution is 9.10. The van der Waals surface area contributed by atoms with Crippen LogP contribution < -0.4 is 10.6 Å². The van der Waals surface area contributed by atoms with Crippen molar-refractivity contribution < 1.29 is 0 Å². The van der Waals surface area contributed by atoms with E-state index in [9.17, 15) is 0 Å². The molecule has 0 saturated heterocycles. The van der Waals surface area contributed by atoms with E-state index < -0.39 is 0 Å². The molecule has 0 aliphatic carbocycles. The molecule has 56 valence electrons. The van der Waals surface area contributed by atoms with E-state index in [1.165, 1.54) is 10.8 Å². The topological polar surface area (TPSA) is 12.4 Å². The standard InChI is InChI=1S/C9H8BrN/c1-6-5-11-9-4-7(10)2-3-8(6)9/h2-4H,5H2,1H3. The van der Waals surface area contributed by atoms with E-state index in [-0.39, 0.29) is 0 Å². The van der Waals surface area contributed by atoms with Gasteiger partial charge in [-0.1, -0.05) is 22.0 Å². The minimum Gasteiger partial charge on any atom is -0.280 e. The first-order valence-electron chi connectivity index (χ1n) is 3.57. The summed E-state index contributed by atoms with van der Waals surface area (Å²) < 4.78 is 1.11. The molecule has 0 radical (unpaired) electrons. The van der Waals surface area contributed by atoms with E-state index in [2.05, 4.69) is 46.0 Å². The number of hydrogen-bond acceptors (Lipinski definition) is 1. The van der Waals surface area contributed by atoms with Crippen molar-refractivity contribution in [2.45, 2.75) is 6.92 Å².